The third kappa shape index (κ3) is 3.06. The second-order valence-electron chi connectivity index (χ2n) is 6.74. The van der Waals surface area contributed by atoms with E-state index in [1.165, 1.54) is 24.1 Å². The van der Waals surface area contributed by atoms with Gasteiger partial charge in [0.25, 0.3) is 5.72 Å². The fourth-order valence-corrected chi connectivity index (χ4v) is 3.95. The van der Waals surface area contributed by atoms with Crippen molar-refractivity contribution in [1.29, 1.82) is 0 Å². The Hall–Kier alpha value is -2.45. The zero-order valence-electron chi connectivity index (χ0n) is 15.2. The summed E-state index contributed by atoms with van der Waals surface area (Å²) >= 11 is 5.18. The molecule has 0 amide bonds. The molecule has 8 heteroatoms. The standard InChI is InChI=1S/C20H19F3N2O2S/c1-24-16(13-9-5-3-6-10-13)15(17(26)14-11-7-4-8-12-14)19(27,20(21,22)23)25(2)18(24)28/h3-12,15-16,27H,1-2H3/t15-,16-,19-/m1/s1. The van der Waals surface area contributed by atoms with Gasteiger partial charge in [0.05, 0.1) is 6.04 Å². The maximum atomic E-state index is 14.2. The first-order chi connectivity index (χ1) is 13.1. The van der Waals surface area contributed by atoms with Gasteiger partial charge in [-0.3, -0.25) is 4.79 Å². The molecule has 28 heavy (non-hydrogen) atoms. The van der Waals surface area contributed by atoms with Crippen LogP contribution < -0.4 is 0 Å². The van der Waals surface area contributed by atoms with E-state index in [1.54, 1.807) is 48.5 Å². The van der Waals surface area contributed by atoms with Gasteiger partial charge in [-0.25, -0.2) is 0 Å². The summed E-state index contributed by atoms with van der Waals surface area (Å²) in [5, 5.41) is 10.8. The predicted molar refractivity (Wildman–Crippen MR) is 103 cm³/mol. The van der Waals surface area contributed by atoms with Crippen molar-refractivity contribution < 1.29 is 23.1 Å². The number of alkyl halides is 3. The number of nitrogens with zero attached hydrogens (tertiary/aromatic N) is 2. The lowest BCUT2D eigenvalue weighted by molar-refractivity contribution is -0.324. The molecule has 0 spiro atoms. The number of halogens is 3. The first kappa shape index (κ1) is 20.3. The zero-order valence-corrected chi connectivity index (χ0v) is 16.0. The molecule has 4 nitrogen and oxygen atoms in total. The minimum Gasteiger partial charge on any atom is -0.363 e. The van der Waals surface area contributed by atoms with Crippen molar-refractivity contribution in [3.63, 3.8) is 0 Å². The average molecular weight is 408 g/mol. The Kier molecular flexibility index (Phi) is 5.20. The van der Waals surface area contributed by atoms with E-state index < -0.39 is 29.6 Å². The third-order valence-electron chi connectivity index (χ3n) is 5.17. The number of carbonyl (C=O) groups excluding carboxylic acids is 1. The van der Waals surface area contributed by atoms with Crippen molar-refractivity contribution in [2.24, 2.45) is 5.92 Å². The van der Waals surface area contributed by atoms with Gasteiger partial charge in [0.1, 0.15) is 5.92 Å². The lowest BCUT2D eigenvalue weighted by atomic mass is 9.76. The van der Waals surface area contributed by atoms with Crippen LogP contribution >= 0.6 is 12.2 Å². The molecule has 0 saturated carbocycles. The molecule has 0 radical (unpaired) electrons. The Morgan fingerprint density at radius 3 is 2.04 bits per heavy atom. The third-order valence-corrected chi connectivity index (χ3v) is 5.73. The quantitative estimate of drug-likeness (QED) is 0.621. The number of hydrogen-bond acceptors (Lipinski definition) is 3. The van der Waals surface area contributed by atoms with Gasteiger partial charge in [0, 0.05) is 19.7 Å². The van der Waals surface area contributed by atoms with E-state index in [9.17, 15) is 23.1 Å². The van der Waals surface area contributed by atoms with Crippen LogP contribution in [0.4, 0.5) is 13.2 Å². The van der Waals surface area contributed by atoms with E-state index >= 15 is 0 Å². The van der Waals surface area contributed by atoms with Gasteiger partial charge in [0.15, 0.2) is 10.9 Å². The van der Waals surface area contributed by atoms with Crippen molar-refractivity contribution in [2.45, 2.75) is 17.9 Å². The molecule has 0 bridgehead atoms. The van der Waals surface area contributed by atoms with E-state index in [4.69, 9.17) is 12.2 Å². The Morgan fingerprint density at radius 2 is 1.54 bits per heavy atom. The Morgan fingerprint density at radius 1 is 1.04 bits per heavy atom. The number of benzene rings is 2. The number of Topliss-reactive ketones (excluding diaryl/α,β-unsaturated/α-hetero) is 1. The molecule has 1 fully saturated rings. The van der Waals surface area contributed by atoms with Crippen LogP contribution in [0.25, 0.3) is 0 Å². The summed E-state index contributed by atoms with van der Waals surface area (Å²) in [4.78, 5) is 15.3. The van der Waals surface area contributed by atoms with Gasteiger partial charge >= 0.3 is 6.18 Å². The zero-order chi connectivity index (χ0) is 20.7. The van der Waals surface area contributed by atoms with Crippen molar-refractivity contribution in [1.82, 2.24) is 9.80 Å². The van der Waals surface area contributed by atoms with Gasteiger partial charge < -0.3 is 14.9 Å². The van der Waals surface area contributed by atoms with E-state index in [0.29, 0.717) is 10.5 Å². The van der Waals surface area contributed by atoms with Gasteiger partial charge in [-0.15, -0.1) is 0 Å². The second kappa shape index (κ2) is 7.18. The van der Waals surface area contributed by atoms with Crippen LogP contribution in [0.2, 0.25) is 0 Å². The minimum atomic E-state index is -5.12. The summed E-state index contributed by atoms with van der Waals surface area (Å²) in [5.74, 6) is -2.66. The highest BCUT2D eigenvalue weighted by Gasteiger charge is 2.69. The number of thiocarbonyl (C=S) groups is 1. The van der Waals surface area contributed by atoms with Crippen LogP contribution in [0.15, 0.2) is 60.7 Å². The topological polar surface area (TPSA) is 43.8 Å². The predicted octanol–water partition coefficient (Wildman–Crippen LogP) is 3.64. The molecular weight excluding hydrogens is 389 g/mol. The van der Waals surface area contributed by atoms with E-state index in [-0.39, 0.29) is 10.7 Å². The molecule has 1 saturated heterocycles. The molecule has 148 valence electrons. The number of rotatable bonds is 3. The Bertz CT molecular complexity index is 876. The lowest BCUT2D eigenvalue weighted by Crippen LogP contribution is -2.72. The normalized spacial score (nSPS) is 25.7. The fraction of sp³-hybridized carbons (Fsp3) is 0.300. The summed E-state index contributed by atoms with van der Waals surface area (Å²) < 4.78 is 42.5. The van der Waals surface area contributed by atoms with Gasteiger partial charge in [-0.1, -0.05) is 60.7 Å². The number of aliphatic hydroxyl groups is 1. The highest BCUT2D eigenvalue weighted by molar-refractivity contribution is 7.80. The van der Waals surface area contributed by atoms with Crippen LogP contribution in [0.1, 0.15) is 22.0 Å². The maximum Gasteiger partial charge on any atom is 0.437 e. The summed E-state index contributed by atoms with van der Waals surface area (Å²) in [6.07, 6.45) is -5.12. The van der Waals surface area contributed by atoms with Crippen LogP contribution in [-0.4, -0.2) is 51.8 Å². The van der Waals surface area contributed by atoms with Crippen LogP contribution in [-0.2, 0) is 0 Å². The molecule has 2 aromatic carbocycles. The summed E-state index contributed by atoms with van der Waals surface area (Å²) in [7, 11) is 2.58. The average Bonchev–Trinajstić information content (AvgIpc) is 2.69. The molecule has 1 heterocycles. The van der Waals surface area contributed by atoms with Gasteiger partial charge in [0.2, 0.25) is 0 Å². The Balaban J connectivity index is 2.26. The Labute approximate surface area is 166 Å². The molecular formula is C20H19F3N2O2S. The fourth-order valence-electron chi connectivity index (χ4n) is 3.69. The lowest BCUT2D eigenvalue weighted by Gasteiger charge is -2.54. The van der Waals surface area contributed by atoms with E-state index in [2.05, 4.69) is 0 Å². The molecule has 0 aromatic heterocycles. The van der Waals surface area contributed by atoms with Crippen LogP contribution in [0.5, 0.6) is 0 Å². The number of carbonyl (C=O) groups is 1. The van der Waals surface area contributed by atoms with Crippen molar-refractivity contribution in [3.05, 3.63) is 71.8 Å². The minimum absolute atomic E-state index is 0.0886. The van der Waals surface area contributed by atoms with Crippen LogP contribution in [0.3, 0.4) is 0 Å². The maximum absolute atomic E-state index is 14.2. The SMILES string of the molecule is CN1C(=S)N(C)[C@](O)(C(F)(F)F)[C@@H](C(=O)c2ccccc2)[C@H]1c1ccccc1. The van der Waals surface area contributed by atoms with E-state index in [1.807, 2.05) is 0 Å². The molecule has 1 aliphatic heterocycles. The van der Waals surface area contributed by atoms with Gasteiger partial charge in [-0.05, 0) is 17.8 Å². The molecule has 1 N–H and O–H groups in total. The van der Waals surface area contributed by atoms with Crippen molar-refractivity contribution in [3.8, 4) is 0 Å². The highest BCUT2D eigenvalue weighted by atomic mass is 32.1. The smallest absolute Gasteiger partial charge is 0.363 e. The monoisotopic (exact) mass is 408 g/mol. The second-order valence-corrected chi connectivity index (χ2v) is 7.11. The largest absolute Gasteiger partial charge is 0.437 e. The molecule has 3 rings (SSSR count). The summed E-state index contributed by atoms with van der Waals surface area (Å²) in [6.45, 7) is 0. The summed E-state index contributed by atoms with van der Waals surface area (Å²) in [6, 6.07) is 14.9. The highest BCUT2D eigenvalue weighted by Crippen LogP contribution is 2.50. The van der Waals surface area contributed by atoms with Crippen molar-refractivity contribution in [2.75, 3.05) is 14.1 Å². The summed E-state index contributed by atoms with van der Waals surface area (Å²) in [5.41, 5.74) is -2.91. The molecule has 2 aromatic rings. The molecule has 3 atom stereocenters. The van der Waals surface area contributed by atoms with E-state index in [0.717, 1.165) is 7.05 Å². The number of ketones is 1. The van der Waals surface area contributed by atoms with Gasteiger partial charge in [-0.2, -0.15) is 13.2 Å². The first-order valence-electron chi connectivity index (χ1n) is 8.54. The number of hydrogen-bond donors (Lipinski definition) is 1. The molecule has 0 unspecified atom stereocenters. The molecule has 0 aliphatic carbocycles. The molecule has 1 aliphatic rings. The van der Waals surface area contributed by atoms with Crippen LogP contribution in [0, 0.1) is 5.92 Å². The van der Waals surface area contributed by atoms with Crippen molar-refractivity contribution >= 4 is 23.1 Å². The first-order valence-corrected chi connectivity index (χ1v) is 8.95.